The third-order valence-electron chi connectivity index (χ3n) is 2.10. The fourth-order valence-corrected chi connectivity index (χ4v) is 1.33. The number of nitrogens with zero attached hydrogens (tertiary/aromatic N) is 1. The lowest BCUT2D eigenvalue weighted by Crippen LogP contribution is -2.08. The Labute approximate surface area is 96.3 Å². The molecule has 1 aromatic carbocycles. The second kappa shape index (κ2) is 5.24. The molecule has 0 amide bonds. The van der Waals surface area contributed by atoms with E-state index in [1.165, 1.54) is 6.92 Å². The van der Waals surface area contributed by atoms with Crippen molar-refractivity contribution in [3.05, 3.63) is 33.6 Å². The van der Waals surface area contributed by atoms with Gasteiger partial charge in [0.15, 0.2) is 5.82 Å². The summed E-state index contributed by atoms with van der Waals surface area (Å²) >= 11 is 0. The Balaban J connectivity index is 2.98. The lowest BCUT2D eigenvalue weighted by molar-refractivity contribution is -0.385. The van der Waals surface area contributed by atoms with Gasteiger partial charge in [-0.15, -0.1) is 0 Å². The molecule has 17 heavy (non-hydrogen) atoms. The summed E-state index contributed by atoms with van der Waals surface area (Å²) in [5, 5.41) is 10.7. The van der Waals surface area contributed by atoms with Gasteiger partial charge in [0.05, 0.1) is 22.8 Å². The minimum Gasteiger partial charge on any atom is -0.466 e. The highest BCUT2D eigenvalue weighted by Gasteiger charge is 2.20. The summed E-state index contributed by atoms with van der Waals surface area (Å²) in [5.74, 6) is -1.37. The average Bonchev–Trinajstić information content (AvgIpc) is 2.23. The van der Waals surface area contributed by atoms with Crippen molar-refractivity contribution in [3.63, 3.8) is 0 Å². The molecule has 0 spiro atoms. The predicted octanol–water partition coefficient (Wildman–Crippen LogP) is 1.42. The Morgan fingerprint density at radius 3 is 2.76 bits per heavy atom. The van der Waals surface area contributed by atoms with Crippen LogP contribution < -0.4 is 5.73 Å². The van der Waals surface area contributed by atoms with Crippen LogP contribution in [0.1, 0.15) is 12.5 Å². The number of carbonyl (C=O) groups excluding carboxylic acids is 1. The average molecular weight is 242 g/mol. The molecule has 1 aromatic rings. The van der Waals surface area contributed by atoms with Crippen molar-refractivity contribution >= 4 is 17.3 Å². The van der Waals surface area contributed by atoms with Crippen molar-refractivity contribution in [2.75, 3.05) is 12.3 Å². The molecule has 0 saturated carbocycles. The monoisotopic (exact) mass is 242 g/mol. The maximum atomic E-state index is 13.6. The summed E-state index contributed by atoms with van der Waals surface area (Å²) in [7, 11) is 0. The van der Waals surface area contributed by atoms with E-state index in [0.29, 0.717) is 0 Å². The summed E-state index contributed by atoms with van der Waals surface area (Å²) in [6.45, 7) is 1.07. The molecular weight excluding hydrogens is 231 g/mol. The van der Waals surface area contributed by atoms with E-state index in [9.17, 15) is 19.3 Å². The summed E-state index contributed by atoms with van der Waals surface area (Å²) in [6, 6.07) is 2.25. The largest absolute Gasteiger partial charge is 0.466 e. The van der Waals surface area contributed by atoms with E-state index in [2.05, 4.69) is 4.74 Å². The van der Waals surface area contributed by atoms with Gasteiger partial charge in [0.25, 0.3) is 5.69 Å². The van der Waals surface area contributed by atoms with Crippen molar-refractivity contribution in [1.82, 2.24) is 0 Å². The number of carbonyl (C=O) groups is 1. The van der Waals surface area contributed by atoms with Crippen LogP contribution in [0.15, 0.2) is 12.1 Å². The van der Waals surface area contributed by atoms with Crippen LogP contribution in [0.3, 0.4) is 0 Å². The number of nitro groups is 1. The maximum absolute atomic E-state index is 13.6. The molecule has 2 N–H and O–H groups in total. The van der Waals surface area contributed by atoms with Crippen LogP contribution in [-0.2, 0) is 16.0 Å². The van der Waals surface area contributed by atoms with E-state index in [1.54, 1.807) is 0 Å². The minimum absolute atomic E-state index is 0.0905. The Hall–Kier alpha value is -2.18. The fourth-order valence-electron chi connectivity index (χ4n) is 1.33. The van der Waals surface area contributed by atoms with Gasteiger partial charge in [-0.05, 0) is 6.07 Å². The van der Waals surface area contributed by atoms with Crippen LogP contribution in [0.5, 0.6) is 0 Å². The van der Waals surface area contributed by atoms with Gasteiger partial charge in [-0.2, -0.15) is 0 Å². The van der Waals surface area contributed by atoms with Gasteiger partial charge in [-0.1, -0.05) is 0 Å². The minimum atomic E-state index is -0.841. The standard InChI is InChI=1S/C10H11FN2O4/c1-6(14)17-5-4-7-9(13(15)16)3-2-8(12)10(7)11/h2-3H,4-5,12H2,1H3. The van der Waals surface area contributed by atoms with Gasteiger partial charge in [0, 0.05) is 19.4 Å². The highest BCUT2D eigenvalue weighted by molar-refractivity contribution is 5.66. The number of hydrogen-bond donors (Lipinski definition) is 1. The predicted molar refractivity (Wildman–Crippen MR) is 57.8 cm³/mol. The zero-order valence-corrected chi connectivity index (χ0v) is 9.10. The van der Waals surface area contributed by atoms with Gasteiger partial charge in [-0.25, -0.2) is 4.39 Å². The summed E-state index contributed by atoms with van der Waals surface area (Å²) in [6.07, 6.45) is -0.0905. The quantitative estimate of drug-likeness (QED) is 0.373. The lowest BCUT2D eigenvalue weighted by atomic mass is 10.1. The molecule has 1 rings (SSSR count). The molecule has 0 aliphatic carbocycles. The number of nitrogens with two attached hydrogens (primary N) is 1. The number of rotatable bonds is 4. The number of benzene rings is 1. The highest BCUT2D eigenvalue weighted by atomic mass is 19.1. The molecule has 92 valence electrons. The van der Waals surface area contributed by atoms with Crippen LogP contribution in [-0.4, -0.2) is 17.5 Å². The first-order valence-electron chi connectivity index (χ1n) is 4.78. The third-order valence-corrected chi connectivity index (χ3v) is 2.10. The molecule has 0 saturated heterocycles. The number of hydrogen-bond acceptors (Lipinski definition) is 5. The Kier molecular flexibility index (Phi) is 3.97. The molecule has 0 aliphatic rings. The SMILES string of the molecule is CC(=O)OCCc1c([N+](=O)[O-])ccc(N)c1F. The van der Waals surface area contributed by atoms with Crippen LogP contribution in [0.2, 0.25) is 0 Å². The van der Waals surface area contributed by atoms with Gasteiger partial charge in [0.2, 0.25) is 0 Å². The van der Waals surface area contributed by atoms with Gasteiger partial charge < -0.3 is 10.5 Å². The smallest absolute Gasteiger partial charge is 0.302 e. The van der Waals surface area contributed by atoms with E-state index >= 15 is 0 Å². The van der Waals surface area contributed by atoms with E-state index in [-0.39, 0.29) is 30.0 Å². The van der Waals surface area contributed by atoms with Crippen molar-refractivity contribution in [2.24, 2.45) is 0 Å². The molecule has 0 heterocycles. The topological polar surface area (TPSA) is 95.5 Å². The first-order chi connectivity index (χ1) is 7.93. The molecule has 7 heteroatoms. The molecule has 0 unspecified atom stereocenters. The molecule has 0 bridgehead atoms. The van der Waals surface area contributed by atoms with Crippen LogP contribution in [0.4, 0.5) is 15.8 Å². The molecule has 0 radical (unpaired) electrons. The first kappa shape index (κ1) is 12.9. The summed E-state index contributed by atoms with van der Waals surface area (Å²) < 4.78 is 18.2. The molecule has 0 aromatic heterocycles. The van der Waals surface area contributed by atoms with Crippen molar-refractivity contribution in [2.45, 2.75) is 13.3 Å². The third kappa shape index (κ3) is 3.13. The Morgan fingerprint density at radius 2 is 2.24 bits per heavy atom. The van der Waals surface area contributed by atoms with E-state index < -0.39 is 16.7 Å². The summed E-state index contributed by atoms with van der Waals surface area (Å²) in [5.41, 5.74) is 4.62. The maximum Gasteiger partial charge on any atom is 0.302 e. The van der Waals surface area contributed by atoms with Gasteiger partial charge >= 0.3 is 5.97 Å². The Morgan fingerprint density at radius 1 is 1.59 bits per heavy atom. The normalized spacial score (nSPS) is 10.0. The second-order valence-corrected chi connectivity index (χ2v) is 3.31. The van der Waals surface area contributed by atoms with E-state index in [0.717, 1.165) is 12.1 Å². The number of nitrogen functional groups attached to an aromatic ring is 1. The first-order valence-corrected chi connectivity index (χ1v) is 4.78. The molecule has 0 aliphatic heterocycles. The van der Waals surface area contributed by atoms with Gasteiger partial charge in [0.1, 0.15) is 0 Å². The van der Waals surface area contributed by atoms with Crippen molar-refractivity contribution in [1.29, 1.82) is 0 Å². The van der Waals surface area contributed by atoms with E-state index in [1.807, 2.05) is 0 Å². The van der Waals surface area contributed by atoms with Crippen LogP contribution in [0.25, 0.3) is 0 Å². The molecule has 0 fully saturated rings. The van der Waals surface area contributed by atoms with Gasteiger partial charge in [-0.3, -0.25) is 14.9 Å². The Bertz CT molecular complexity index is 462. The molecule has 0 atom stereocenters. The number of nitro benzene ring substituents is 1. The number of anilines is 1. The number of esters is 1. The van der Waals surface area contributed by atoms with Crippen LogP contribution in [0, 0.1) is 15.9 Å². The number of halogens is 1. The molecular formula is C10H11FN2O4. The molecule has 6 nitrogen and oxygen atoms in total. The zero-order valence-electron chi connectivity index (χ0n) is 9.10. The fraction of sp³-hybridized carbons (Fsp3) is 0.300. The summed E-state index contributed by atoms with van der Waals surface area (Å²) in [4.78, 5) is 20.5. The highest BCUT2D eigenvalue weighted by Crippen LogP contribution is 2.26. The second-order valence-electron chi connectivity index (χ2n) is 3.31. The van der Waals surface area contributed by atoms with E-state index in [4.69, 9.17) is 5.73 Å². The lowest BCUT2D eigenvalue weighted by Gasteiger charge is -2.06. The number of ether oxygens (including phenoxy) is 1. The zero-order chi connectivity index (χ0) is 13.0. The van der Waals surface area contributed by atoms with Crippen molar-refractivity contribution in [3.8, 4) is 0 Å². The van der Waals surface area contributed by atoms with Crippen molar-refractivity contribution < 1.29 is 18.8 Å². The van der Waals surface area contributed by atoms with Crippen LogP contribution >= 0.6 is 0 Å².